The van der Waals surface area contributed by atoms with Gasteiger partial charge in [-0.25, -0.2) is 0 Å². The summed E-state index contributed by atoms with van der Waals surface area (Å²) in [6, 6.07) is 9.96. The van der Waals surface area contributed by atoms with Crippen molar-refractivity contribution in [1.82, 2.24) is 0 Å². The second-order valence-corrected chi connectivity index (χ2v) is 7.27. The molecule has 0 N–H and O–H groups in total. The van der Waals surface area contributed by atoms with E-state index < -0.39 is 0 Å². The first-order valence-corrected chi connectivity index (χ1v) is 9.42. The monoisotopic (exact) mass is 386 g/mol. The molecular weight excluding hydrogens is 360 g/mol. The summed E-state index contributed by atoms with van der Waals surface area (Å²) in [6.07, 6.45) is -0.118. The fourth-order valence-electron chi connectivity index (χ4n) is 4.08. The molecule has 0 radical (unpaired) electrons. The van der Waals surface area contributed by atoms with Gasteiger partial charge >= 0.3 is 0 Å². The van der Waals surface area contributed by atoms with E-state index in [-0.39, 0.29) is 19.0 Å². The molecule has 2 aliphatic rings. The molecule has 0 unspecified atom stereocenters. The van der Waals surface area contributed by atoms with E-state index >= 15 is 0 Å². The van der Waals surface area contributed by atoms with Crippen molar-refractivity contribution < 1.29 is 28.4 Å². The molecule has 0 amide bonds. The van der Waals surface area contributed by atoms with Gasteiger partial charge in [0.2, 0.25) is 12.5 Å². The van der Waals surface area contributed by atoms with Crippen LogP contribution in [0.4, 0.5) is 0 Å². The number of hydrogen-bond donors (Lipinski definition) is 0. The van der Waals surface area contributed by atoms with Crippen LogP contribution in [0, 0.1) is 11.8 Å². The molecule has 150 valence electrons. The summed E-state index contributed by atoms with van der Waals surface area (Å²) in [5.74, 6) is 4.03. The molecule has 4 rings (SSSR count). The number of methoxy groups -OCH3 is 3. The molecule has 0 aromatic heterocycles. The van der Waals surface area contributed by atoms with E-state index in [1.165, 1.54) is 0 Å². The quantitative estimate of drug-likeness (QED) is 0.753. The highest BCUT2D eigenvalue weighted by Gasteiger charge is 2.41. The van der Waals surface area contributed by atoms with Crippen molar-refractivity contribution >= 4 is 0 Å². The average Bonchev–Trinajstić information content (AvgIpc) is 3.31. The Labute approximate surface area is 165 Å². The number of ether oxygens (including phenoxy) is 6. The first-order valence-electron chi connectivity index (χ1n) is 9.42. The predicted molar refractivity (Wildman–Crippen MR) is 104 cm³/mol. The van der Waals surface area contributed by atoms with Gasteiger partial charge in [-0.3, -0.25) is 0 Å². The van der Waals surface area contributed by atoms with E-state index in [0.29, 0.717) is 29.1 Å². The molecular formula is C22H26O6. The standard InChI is InChI=1S/C22H26O6/c1-12-13(2)21(15-9-18(23-3)22(25-5)19(10-15)24-4)28-20(12)14-6-7-16-17(8-14)27-11-26-16/h6-10,12-13,20-21H,11H2,1-5H3/t12-,13-,20-,21-/m0/s1. The first kappa shape index (κ1) is 18.7. The molecule has 28 heavy (non-hydrogen) atoms. The number of fused-ring (bicyclic) bond motifs is 1. The Bertz CT molecular complexity index is 839. The third-order valence-corrected chi connectivity index (χ3v) is 5.82. The van der Waals surface area contributed by atoms with Gasteiger partial charge in [-0.15, -0.1) is 0 Å². The van der Waals surface area contributed by atoms with Crippen molar-refractivity contribution in [3.05, 3.63) is 41.5 Å². The van der Waals surface area contributed by atoms with Crippen molar-refractivity contribution in [2.24, 2.45) is 11.8 Å². The Morgan fingerprint density at radius 2 is 1.36 bits per heavy atom. The zero-order chi connectivity index (χ0) is 19.8. The molecule has 1 saturated heterocycles. The van der Waals surface area contributed by atoms with E-state index in [0.717, 1.165) is 22.6 Å². The summed E-state index contributed by atoms with van der Waals surface area (Å²) in [5, 5.41) is 0. The van der Waals surface area contributed by atoms with Gasteiger partial charge in [0.15, 0.2) is 23.0 Å². The minimum atomic E-state index is -0.0841. The molecule has 2 aromatic rings. The molecule has 4 atom stereocenters. The van der Waals surface area contributed by atoms with E-state index in [4.69, 9.17) is 28.4 Å². The molecule has 1 fully saturated rings. The lowest BCUT2D eigenvalue weighted by molar-refractivity contribution is 0.0287. The highest BCUT2D eigenvalue weighted by Crippen LogP contribution is 2.52. The van der Waals surface area contributed by atoms with Gasteiger partial charge in [0.25, 0.3) is 0 Å². The van der Waals surface area contributed by atoms with Crippen LogP contribution in [0.15, 0.2) is 30.3 Å². The lowest BCUT2D eigenvalue weighted by Crippen LogP contribution is -2.10. The van der Waals surface area contributed by atoms with Gasteiger partial charge in [0, 0.05) is 0 Å². The van der Waals surface area contributed by atoms with Crippen LogP contribution in [-0.4, -0.2) is 28.1 Å². The Hall–Kier alpha value is -2.60. The summed E-state index contributed by atoms with van der Waals surface area (Å²) < 4.78 is 34.0. The maximum absolute atomic E-state index is 6.54. The van der Waals surface area contributed by atoms with E-state index in [9.17, 15) is 0 Å². The van der Waals surface area contributed by atoms with Crippen LogP contribution in [-0.2, 0) is 4.74 Å². The van der Waals surface area contributed by atoms with Gasteiger partial charge in [-0.1, -0.05) is 19.9 Å². The molecule has 2 aromatic carbocycles. The van der Waals surface area contributed by atoms with Crippen molar-refractivity contribution in [3.8, 4) is 28.7 Å². The van der Waals surface area contributed by atoms with Gasteiger partial charge in [0.1, 0.15) is 0 Å². The smallest absolute Gasteiger partial charge is 0.231 e. The van der Waals surface area contributed by atoms with Crippen molar-refractivity contribution in [3.63, 3.8) is 0 Å². The van der Waals surface area contributed by atoms with Crippen LogP contribution in [0.3, 0.4) is 0 Å². The van der Waals surface area contributed by atoms with Crippen LogP contribution in [0.2, 0.25) is 0 Å². The largest absolute Gasteiger partial charge is 0.493 e. The molecule has 0 bridgehead atoms. The van der Waals surface area contributed by atoms with E-state index in [1.54, 1.807) is 21.3 Å². The topological polar surface area (TPSA) is 55.4 Å². The SMILES string of the molecule is COc1cc([C@H]2O[C@H](c3ccc4c(c3)OCO4)[C@@H](C)[C@@H]2C)cc(OC)c1OC. The second kappa shape index (κ2) is 7.43. The van der Waals surface area contributed by atoms with E-state index in [2.05, 4.69) is 19.9 Å². The van der Waals surface area contributed by atoms with Crippen molar-refractivity contribution in [2.75, 3.05) is 28.1 Å². The molecule has 0 saturated carbocycles. The summed E-state index contributed by atoms with van der Waals surface area (Å²) in [4.78, 5) is 0. The highest BCUT2D eigenvalue weighted by atomic mass is 16.7. The molecule has 2 heterocycles. The van der Waals surface area contributed by atoms with Crippen molar-refractivity contribution in [2.45, 2.75) is 26.1 Å². The van der Waals surface area contributed by atoms with Crippen molar-refractivity contribution in [1.29, 1.82) is 0 Å². The maximum atomic E-state index is 6.54. The van der Waals surface area contributed by atoms with Crippen LogP contribution >= 0.6 is 0 Å². The highest BCUT2D eigenvalue weighted by molar-refractivity contribution is 5.54. The first-order chi connectivity index (χ1) is 13.6. The molecule has 0 aliphatic carbocycles. The summed E-state index contributed by atoms with van der Waals surface area (Å²) in [5.41, 5.74) is 2.11. The molecule has 0 spiro atoms. The molecule has 6 nitrogen and oxygen atoms in total. The molecule has 2 aliphatic heterocycles. The Morgan fingerprint density at radius 3 is 1.96 bits per heavy atom. The fraction of sp³-hybridized carbons (Fsp3) is 0.455. The van der Waals surface area contributed by atoms with Gasteiger partial charge in [0.05, 0.1) is 33.5 Å². The third-order valence-electron chi connectivity index (χ3n) is 5.82. The summed E-state index contributed by atoms with van der Waals surface area (Å²) in [6.45, 7) is 4.70. The van der Waals surface area contributed by atoms with Gasteiger partial charge in [-0.2, -0.15) is 0 Å². The summed E-state index contributed by atoms with van der Waals surface area (Å²) >= 11 is 0. The minimum Gasteiger partial charge on any atom is -0.493 e. The second-order valence-electron chi connectivity index (χ2n) is 7.27. The van der Waals surface area contributed by atoms with Crippen LogP contribution in [0.25, 0.3) is 0 Å². The van der Waals surface area contributed by atoms with Crippen LogP contribution < -0.4 is 23.7 Å². The minimum absolute atomic E-state index is 0.0337. The fourth-order valence-corrected chi connectivity index (χ4v) is 4.08. The molecule has 6 heteroatoms. The summed E-state index contributed by atoms with van der Waals surface area (Å²) in [7, 11) is 4.85. The lowest BCUT2D eigenvalue weighted by Gasteiger charge is -2.20. The third kappa shape index (κ3) is 3.02. The predicted octanol–water partition coefficient (Wildman–Crippen LogP) is 4.53. The normalized spacial score (nSPS) is 25.6. The van der Waals surface area contributed by atoms with Crippen LogP contribution in [0.1, 0.15) is 37.2 Å². The van der Waals surface area contributed by atoms with Crippen LogP contribution in [0.5, 0.6) is 28.7 Å². The Morgan fingerprint density at radius 1 is 0.750 bits per heavy atom. The van der Waals surface area contributed by atoms with Gasteiger partial charge in [-0.05, 0) is 47.2 Å². The maximum Gasteiger partial charge on any atom is 0.231 e. The number of hydrogen-bond acceptors (Lipinski definition) is 6. The number of benzene rings is 2. The van der Waals surface area contributed by atoms with Gasteiger partial charge < -0.3 is 28.4 Å². The average molecular weight is 386 g/mol. The van der Waals surface area contributed by atoms with E-state index in [1.807, 2.05) is 24.3 Å². The zero-order valence-electron chi connectivity index (χ0n) is 16.9. The lowest BCUT2D eigenvalue weighted by atomic mass is 9.85. The Kier molecular flexibility index (Phi) is 4.98. The Balaban J connectivity index is 1.66. The zero-order valence-corrected chi connectivity index (χ0v) is 16.9. The number of rotatable bonds is 5.